The van der Waals surface area contributed by atoms with Crippen molar-refractivity contribution in [1.82, 2.24) is 10.2 Å². The number of rotatable bonds is 3. The summed E-state index contributed by atoms with van der Waals surface area (Å²) in [6, 6.07) is -0.272. The van der Waals surface area contributed by atoms with Gasteiger partial charge in [0.05, 0.1) is 0 Å². The fraction of sp³-hybridized carbons (Fsp3) is 0.875. The number of nitrogens with zero attached hydrogens (tertiary/aromatic N) is 1. The third-order valence-corrected chi connectivity index (χ3v) is 4.68. The van der Waals surface area contributed by atoms with E-state index in [0.717, 1.165) is 32.1 Å². The van der Waals surface area contributed by atoms with Crippen molar-refractivity contribution in [3.05, 3.63) is 0 Å². The van der Waals surface area contributed by atoms with Crippen LogP contribution < -0.4 is 5.32 Å². The Kier molecular flexibility index (Phi) is 4.91. The zero-order valence-electron chi connectivity index (χ0n) is 13.4. The molecule has 0 aromatic carbocycles. The lowest BCUT2D eigenvalue weighted by Gasteiger charge is -2.31. The van der Waals surface area contributed by atoms with Crippen molar-refractivity contribution in [1.29, 1.82) is 0 Å². The normalized spacial score (nSPS) is 29.7. The van der Waals surface area contributed by atoms with Crippen molar-refractivity contribution in [2.24, 2.45) is 11.3 Å². The Morgan fingerprint density at radius 3 is 2.52 bits per heavy atom. The smallest absolute Gasteiger partial charge is 0.243 e. The highest BCUT2D eigenvalue weighted by Gasteiger charge is 2.39. The van der Waals surface area contributed by atoms with E-state index in [-0.39, 0.29) is 36.4 Å². The van der Waals surface area contributed by atoms with Crippen LogP contribution in [0.5, 0.6) is 0 Å². The number of hydrogen-bond acceptors (Lipinski definition) is 3. The van der Waals surface area contributed by atoms with E-state index in [2.05, 4.69) is 5.32 Å². The molecule has 5 heteroatoms. The molecule has 2 rings (SSSR count). The molecule has 1 aliphatic carbocycles. The molecule has 1 saturated carbocycles. The van der Waals surface area contributed by atoms with Gasteiger partial charge in [-0.25, -0.2) is 0 Å². The number of nitrogens with one attached hydrogen (secondary N) is 1. The Bertz CT molecular complexity index is 403. The molecule has 21 heavy (non-hydrogen) atoms. The SMILES string of the molecule is CC(C)(C)C(=O)N1CCCC1C(=O)NC1CCCC1CO. The van der Waals surface area contributed by atoms with Gasteiger partial charge in [0.2, 0.25) is 11.8 Å². The highest BCUT2D eigenvalue weighted by molar-refractivity contribution is 5.90. The average molecular weight is 296 g/mol. The van der Waals surface area contributed by atoms with E-state index in [1.807, 2.05) is 20.8 Å². The second-order valence-electron chi connectivity index (χ2n) is 7.40. The molecule has 120 valence electrons. The van der Waals surface area contributed by atoms with Crippen LogP contribution in [0.25, 0.3) is 0 Å². The third-order valence-electron chi connectivity index (χ3n) is 4.68. The van der Waals surface area contributed by atoms with Gasteiger partial charge in [0.1, 0.15) is 6.04 Å². The van der Waals surface area contributed by atoms with Crippen molar-refractivity contribution in [3.8, 4) is 0 Å². The van der Waals surface area contributed by atoms with Crippen molar-refractivity contribution in [2.75, 3.05) is 13.2 Å². The molecule has 1 heterocycles. The topological polar surface area (TPSA) is 69.6 Å². The summed E-state index contributed by atoms with van der Waals surface area (Å²) in [7, 11) is 0. The molecule has 0 radical (unpaired) electrons. The van der Waals surface area contributed by atoms with Gasteiger partial charge in [0, 0.05) is 30.5 Å². The van der Waals surface area contributed by atoms with Crippen molar-refractivity contribution in [2.45, 2.75) is 65.0 Å². The van der Waals surface area contributed by atoms with E-state index in [1.165, 1.54) is 0 Å². The van der Waals surface area contributed by atoms with Gasteiger partial charge >= 0.3 is 0 Å². The Balaban J connectivity index is 1.99. The molecule has 1 aliphatic heterocycles. The van der Waals surface area contributed by atoms with Gasteiger partial charge in [0.25, 0.3) is 0 Å². The number of carbonyl (C=O) groups excluding carboxylic acids is 2. The monoisotopic (exact) mass is 296 g/mol. The lowest BCUT2D eigenvalue weighted by molar-refractivity contribution is -0.145. The fourth-order valence-corrected chi connectivity index (χ4v) is 3.44. The summed E-state index contributed by atoms with van der Waals surface area (Å²) in [5.74, 6) is 0.169. The molecule has 3 atom stereocenters. The van der Waals surface area contributed by atoms with Crippen LogP contribution in [0.3, 0.4) is 0 Å². The van der Waals surface area contributed by atoms with Crippen LogP contribution in [0.4, 0.5) is 0 Å². The number of aliphatic hydroxyl groups excluding tert-OH is 1. The summed E-state index contributed by atoms with van der Waals surface area (Å²) >= 11 is 0. The molecule has 2 aliphatic rings. The van der Waals surface area contributed by atoms with E-state index in [9.17, 15) is 14.7 Å². The molecule has 0 spiro atoms. The molecular formula is C16H28N2O3. The summed E-state index contributed by atoms with van der Waals surface area (Å²) in [4.78, 5) is 26.7. The Hall–Kier alpha value is -1.10. The quantitative estimate of drug-likeness (QED) is 0.825. The minimum absolute atomic E-state index is 0.0459. The molecule has 1 saturated heterocycles. The predicted octanol–water partition coefficient (Wildman–Crippen LogP) is 1.30. The average Bonchev–Trinajstić information content (AvgIpc) is 3.04. The second-order valence-corrected chi connectivity index (χ2v) is 7.40. The maximum atomic E-state index is 12.5. The Morgan fingerprint density at radius 1 is 1.19 bits per heavy atom. The van der Waals surface area contributed by atoms with Crippen LogP contribution in [0.1, 0.15) is 52.9 Å². The second kappa shape index (κ2) is 6.34. The zero-order chi connectivity index (χ0) is 15.6. The van der Waals surface area contributed by atoms with Gasteiger partial charge in [-0.1, -0.05) is 27.2 Å². The number of amides is 2. The summed E-state index contributed by atoms with van der Waals surface area (Å²) in [5.41, 5.74) is -0.455. The Morgan fingerprint density at radius 2 is 1.90 bits per heavy atom. The first-order valence-corrected chi connectivity index (χ1v) is 8.07. The van der Waals surface area contributed by atoms with Gasteiger partial charge in [-0.05, 0) is 25.7 Å². The van der Waals surface area contributed by atoms with Gasteiger partial charge in [0.15, 0.2) is 0 Å². The molecule has 2 N–H and O–H groups in total. The molecule has 2 amide bonds. The van der Waals surface area contributed by atoms with Crippen LogP contribution >= 0.6 is 0 Å². The van der Waals surface area contributed by atoms with Crippen molar-refractivity contribution < 1.29 is 14.7 Å². The van der Waals surface area contributed by atoms with Crippen molar-refractivity contribution >= 4 is 11.8 Å². The highest BCUT2D eigenvalue weighted by Crippen LogP contribution is 2.28. The van der Waals surface area contributed by atoms with Gasteiger partial charge in [-0.2, -0.15) is 0 Å². The van der Waals surface area contributed by atoms with Gasteiger partial charge in [-0.15, -0.1) is 0 Å². The van der Waals surface area contributed by atoms with Crippen LogP contribution in [-0.4, -0.2) is 47.1 Å². The fourth-order valence-electron chi connectivity index (χ4n) is 3.44. The standard InChI is InChI=1S/C16H28N2O3/c1-16(2,3)15(21)18-9-5-8-13(18)14(20)17-12-7-4-6-11(12)10-19/h11-13,19H,4-10H2,1-3H3,(H,17,20). The lowest BCUT2D eigenvalue weighted by atomic mass is 9.94. The molecule has 0 bridgehead atoms. The van der Waals surface area contributed by atoms with E-state index in [1.54, 1.807) is 4.90 Å². The van der Waals surface area contributed by atoms with Crippen molar-refractivity contribution in [3.63, 3.8) is 0 Å². The largest absolute Gasteiger partial charge is 0.396 e. The Labute approximate surface area is 127 Å². The minimum Gasteiger partial charge on any atom is -0.396 e. The lowest BCUT2D eigenvalue weighted by Crippen LogP contribution is -2.52. The van der Waals surface area contributed by atoms with Crippen LogP contribution in [0.2, 0.25) is 0 Å². The molecule has 5 nitrogen and oxygen atoms in total. The first kappa shape index (κ1) is 16.3. The van der Waals surface area contributed by atoms with E-state index in [0.29, 0.717) is 6.54 Å². The summed E-state index contributed by atoms with van der Waals surface area (Å²) in [6.07, 6.45) is 4.57. The highest BCUT2D eigenvalue weighted by atomic mass is 16.3. The predicted molar refractivity (Wildman–Crippen MR) is 80.5 cm³/mol. The zero-order valence-corrected chi connectivity index (χ0v) is 13.4. The third kappa shape index (κ3) is 3.57. The number of likely N-dealkylation sites (tertiary alicyclic amines) is 1. The minimum atomic E-state index is -0.455. The first-order valence-electron chi connectivity index (χ1n) is 8.07. The number of carbonyl (C=O) groups is 2. The van der Waals surface area contributed by atoms with Gasteiger partial charge < -0.3 is 15.3 Å². The number of aliphatic hydroxyl groups is 1. The van der Waals surface area contributed by atoms with Gasteiger partial charge in [-0.3, -0.25) is 9.59 Å². The molecule has 0 aromatic rings. The number of hydrogen-bond donors (Lipinski definition) is 2. The summed E-state index contributed by atoms with van der Waals surface area (Å²) < 4.78 is 0. The van der Waals surface area contributed by atoms with E-state index in [4.69, 9.17) is 0 Å². The molecular weight excluding hydrogens is 268 g/mol. The summed E-state index contributed by atoms with van der Waals surface area (Å²) in [5, 5.41) is 12.4. The van der Waals surface area contributed by atoms with Crippen LogP contribution in [-0.2, 0) is 9.59 Å². The maximum Gasteiger partial charge on any atom is 0.243 e. The molecule has 2 fully saturated rings. The molecule has 0 aromatic heterocycles. The van der Waals surface area contributed by atoms with E-state index < -0.39 is 5.41 Å². The first-order chi connectivity index (χ1) is 9.84. The van der Waals surface area contributed by atoms with Crippen LogP contribution in [0.15, 0.2) is 0 Å². The van der Waals surface area contributed by atoms with Crippen LogP contribution in [0, 0.1) is 11.3 Å². The van der Waals surface area contributed by atoms with E-state index >= 15 is 0 Å². The molecule has 3 unspecified atom stereocenters. The summed E-state index contributed by atoms with van der Waals surface area (Å²) in [6.45, 7) is 6.46. The maximum absolute atomic E-state index is 12.5.